The molecule has 2 aromatic heterocycles. The first kappa shape index (κ1) is 18.9. The Labute approximate surface area is 142 Å². The third-order valence-electron chi connectivity index (χ3n) is 3.08. The van der Waals surface area contributed by atoms with Gasteiger partial charge in [0.1, 0.15) is 10.4 Å². The first-order chi connectivity index (χ1) is 10.1. The molecule has 4 nitrogen and oxygen atoms in total. The third-order valence-corrected chi connectivity index (χ3v) is 3.49. The van der Waals surface area contributed by atoms with Gasteiger partial charge in [-0.15, -0.1) is 0 Å². The van der Waals surface area contributed by atoms with Crippen LogP contribution in [0.5, 0.6) is 0 Å². The van der Waals surface area contributed by atoms with E-state index in [1.165, 1.54) is 0 Å². The summed E-state index contributed by atoms with van der Waals surface area (Å²) < 4.78 is 2.86. The van der Waals surface area contributed by atoms with E-state index in [1.807, 2.05) is 27.0 Å². The van der Waals surface area contributed by atoms with Crippen molar-refractivity contribution in [1.82, 2.24) is 14.4 Å². The molecule has 0 atom stereocenters. The van der Waals surface area contributed by atoms with E-state index >= 15 is 0 Å². The van der Waals surface area contributed by atoms with Crippen LogP contribution in [0.3, 0.4) is 0 Å². The second-order valence-corrected chi connectivity index (χ2v) is 8.04. The summed E-state index contributed by atoms with van der Waals surface area (Å²) in [5, 5.41) is 3.65. The lowest BCUT2D eigenvalue weighted by molar-refractivity contribution is 0.302. The number of hydrogen-bond acceptors (Lipinski definition) is 3. The Morgan fingerprint density at radius 2 is 1.77 bits per heavy atom. The first-order valence-electron chi connectivity index (χ1n) is 7.86. The Kier molecular flexibility index (Phi) is 6.02. The Bertz CT molecular complexity index is 623. The van der Waals surface area contributed by atoms with Crippen LogP contribution >= 0.6 is 15.9 Å². The second-order valence-electron chi connectivity index (χ2n) is 7.23. The predicted octanol–water partition coefficient (Wildman–Crippen LogP) is 5.45. The number of aryl methyl sites for hydroxylation is 1. The molecule has 0 saturated carbocycles. The average molecular weight is 369 g/mol. The summed E-state index contributed by atoms with van der Waals surface area (Å²) in [7, 11) is 0. The van der Waals surface area contributed by atoms with Gasteiger partial charge in [-0.25, -0.2) is 9.97 Å². The van der Waals surface area contributed by atoms with Gasteiger partial charge in [0, 0.05) is 11.7 Å². The molecule has 0 bridgehead atoms. The highest BCUT2D eigenvalue weighted by molar-refractivity contribution is 9.10. The van der Waals surface area contributed by atoms with Gasteiger partial charge in [-0.3, -0.25) is 4.40 Å². The lowest BCUT2D eigenvalue weighted by atomic mass is 9.82. The van der Waals surface area contributed by atoms with Crippen LogP contribution in [0.4, 0.5) is 5.82 Å². The molecule has 0 saturated heterocycles. The van der Waals surface area contributed by atoms with Crippen molar-refractivity contribution in [3.8, 4) is 0 Å². The van der Waals surface area contributed by atoms with Gasteiger partial charge in [0.2, 0.25) is 0 Å². The first-order valence-corrected chi connectivity index (χ1v) is 8.65. The average Bonchev–Trinajstić information content (AvgIpc) is 2.65. The molecule has 0 fully saturated rings. The van der Waals surface area contributed by atoms with Crippen LogP contribution in [0.15, 0.2) is 17.0 Å². The number of nitrogens with zero attached hydrogens (tertiary/aromatic N) is 3. The van der Waals surface area contributed by atoms with E-state index in [1.54, 1.807) is 6.20 Å². The highest BCUT2D eigenvalue weighted by atomic mass is 79.9. The molecule has 2 rings (SSSR count). The molecule has 22 heavy (non-hydrogen) atoms. The Hall–Kier alpha value is -1.10. The van der Waals surface area contributed by atoms with E-state index in [0.717, 1.165) is 28.2 Å². The molecule has 0 aliphatic carbocycles. The zero-order valence-electron chi connectivity index (χ0n) is 15.1. The van der Waals surface area contributed by atoms with E-state index in [2.05, 4.69) is 70.2 Å². The smallest absolute Gasteiger partial charge is 0.157 e. The zero-order valence-corrected chi connectivity index (χ0v) is 16.7. The number of anilines is 1. The maximum atomic E-state index is 4.55. The van der Waals surface area contributed by atoms with Crippen molar-refractivity contribution in [3.05, 3.63) is 22.7 Å². The van der Waals surface area contributed by atoms with Crippen LogP contribution in [0.2, 0.25) is 0 Å². The number of rotatable bonds is 3. The van der Waals surface area contributed by atoms with Gasteiger partial charge in [-0.05, 0) is 48.5 Å². The number of hydrogen-bond donors (Lipinski definition) is 1. The van der Waals surface area contributed by atoms with Gasteiger partial charge in [-0.1, -0.05) is 34.6 Å². The van der Waals surface area contributed by atoms with Crippen molar-refractivity contribution < 1.29 is 0 Å². The van der Waals surface area contributed by atoms with E-state index in [-0.39, 0.29) is 11.0 Å². The normalized spacial score (nSPS) is 12.0. The number of nitrogens with one attached hydrogen (secondary N) is 1. The minimum absolute atomic E-state index is 0.00524. The quantitative estimate of drug-likeness (QED) is 0.782. The standard InChI is InChI=1S/C15H23BrN4.C2H6/c1-10-13(19-15(5,6)9-14(2,3)4)20-8-11(16)17-7-12(20)18-10;1-2/h7-8,19H,9H2,1-6H3;1-2H3. The Morgan fingerprint density at radius 1 is 1.18 bits per heavy atom. The van der Waals surface area contributed by atoms with Gasteiger partial charge >= 0.3 is 0 Å². The van der Waals surface area contributed by atoms with Crippen molar-refractivity contribution in [2.75, 3.05) is 5.32 Å². The number of imidazole rings is 1. The fourth-order valence-electron chi connectivity index (χ4n) is 2.89. The molecule has 0 amide bonds. The maximum absolute atomic E-state index is 4.55. The summed E-state index contributed by atoms with van der Waals surface area (Å²) in [4.78, 5) is 8.78. The SMILES string of the molecule is CC.Cc1nc2cnc(Br)cn2c1NC(C)(C)CC(C)(C)C. The summed E-state index contributed by atoms with van der Waals surface area (Å²) in [6, 6.07) is 0. The highest BCUT2D eigenvalue weighted by Gasteiger charge is 2.27. The lowest BCUT2D eigenvalue weighted by Crippen LogP contribution is -2.36. The van der Waals surface area contributed by atoms with Crippen molar-refractivity contribution in [2.45, 2.75) is 67.3 Å². The monoisotopic (exact) mass is 368 g/mol. The predicted molar refractivity (Wildman–Crippen MR) is 98.5 cm³/mol. The fraction of sp³-hybridized carbons (Fsp3) is 0.647. The summed E-state index contributed by atoms with van der Waals surface area (Å²) in [5.74, 6) is 1.04. The van der Waals surface area contributed by atoms with Gasteiger partial charge in [0.15, 0.2) is 5.65 Å². The molecule has 2 heterocycles. The van der Waals surface area contributed by atoms with Crippen LogP contribution in [-0.4, -0.2) is 19.9 Å². The van der Waals surface area contributed by atoms with E-state index in [9.17, 15) is 0 Å². The van der Waals surface area contributed by atoms with Crippen LogP contribution in [0, 0.1) is 12.3 Å². The van der Waals surface area contributed by atoms with Crippen molar-refractivity contribution in [3.63, 3.8) is 0 Å². The van der Waals surface area contributed by atoms with E-state index < -0.39 is 0 Å². The molecule has 0 aliphatic rings. The largest absolute Gasteiger partial charge is 0.365 e. The molecular weight excluding hydrogens is 340 g/mol. The molecule has 0 aliphatic heterocycles. The van der Waals surface area contributed by atoms with Crippen molar-refractivity contribution >= 4 is 27.4 Å². The van der Waals surface area contributed by atoms with E-state index in [4.69, 9.17) is 0 Å². The summed E-state index contributed by atoms with van der Waals surface area (Å²) in [5.41, 5.74) is 2.12. The number of aromatic nitrogens is 3. The highest BCUT2D eigenvalue weighted by Crippen LogP contribution is 2.31. The number of fused-ring (bicyclic) bond motifs is 1. The second kappa shape index (κ2) is 6.99. The topological polar surface area (TPSA) is 42.2 Å². The molecular formula is C17H29BrN4. The van der Waals surface area contributed by atoms with Crippen molar-refractivity contribution in [2.24, 2.45) is 5.41 Å². The van der Waals surface area contributed by atoms with Gasteiger partial charge in [0.05, 0.1) is 11.9 Å². The molecule has 0 unspecified atom stereocenters. The van der Waals surface area contributed by atoms with E-state index in [0.29, 0.717) is 0 Å². The molecule has 0 radical (unpaired) electrons. The third kappa shape index (κ3) is 4.97. The Balaban J connectivity index is 0.00000116. The molecule has 0 spiro atoms. The van der Waals surface area contributed by atoms with Crippen LogP contribution in [-0.2, 0) is 0 Å². The van der Waals surface area contributed by atoms with Gasteiger partial charge < -0.3 is 5.32 Å². The molecule has 5 heteroatoms. The maximum Gasteiger partial charge on any atom is 0.157 e. The van der Waals surface area contributed by atoms with Gasteiger partial charge in [-0.2, -0.15) is 0 Å². The minimum Gasteiger partial charge on any atom is -0.365 e. The zero-order chi connectivity index (χ0) is 17.1. The summed E-state index contributed by atoms with van der Waals surface area (Å²) in [6.07, 6.45) is 4.79. The van der Waals surface area contributed by atoms with Crippen LogP contribution < -0.4 is 5.32 Å². The minimum atomic E-state index is -0.00524. The van der Waals surface area contributed by atoms with Gasteiger partial charge in [0.25, 0.3) is 0 Å². The summed E-state index contributed by atoms with van der Waals surface area (Å²) >= 11 is 3.42. The molecule has 124 valence electrons. The van der Waals surface area contributed by atoms with Crippen LogP contribution in [0.25, 0.3) is 5.65 Å². The number of halogens is 1. The van der Waals surface area contributed by atoms with Crippen molar-refractivity contribution in [1.29, 1.82) is 0 Å². The molecule has 1 N–H and O–H groups in total. The van der Waals surface area contributed by atoms with Crippen LogP contribution in [0.1, 0.15) is 60.6 Å². The summed E-state index contributed by atoms with van der Waals surface area (Å²) in [6.45, 7) is 17.3. The molecule has 2 aromatic rings. The molecule has 0 aromatic carbocycles. The fourth-order valence-corrected chi connectivity index (χ4v) is 3.20. The Morgan fingerprint density at radius 3 is 2.32 bits per heavy atom. The lowest BCUT2D eigenvalue weighted by Gasteiger charge is -2.34.